The third-order valence-electron chi connectivity index (χ3n) is 3.22. The fraction of sp³-hybridized carbons (Fsp3) is 0.800. The summed E-state index contributed by atoms with van der Waals surface area (Å²) in [5.41, 5.74) is -0.574. The first-order chi connectivity index (χ1) is 6.82. The van der Waals surface area contributed by atoms with E-state index in [1.54, 1.807) is 0 Å². The predicted octanol–water partition coefficient (Wildman–Crippen LogP) is 0.196. The third kappa shape index (κ3) is 4.82. The Labute approximate surface area is 138 Å². The molecule has 6 heteroatoms. The number of hydrogen-bond acceptors (Lipinski definition) is 1. The van der Waals surface area contributed by atoms with E-state index in [2.05, 4.69) is 6.58 Å². The van der Waals surface area contributed by atoms with Crippen LogP contribution in [0.1, 0.15) is 33.1 Å². The van der Waals surface area contributed by atoms with Crippen LogP contribution in [0.5, 0.6) is 0 Å². The molecule has 1 aliphatic rings. The minimum Gasteiger partial charge on any atom is -0.445 e. The van der Waals surface area contributed by atoms with Crippen LogP contribution in [0.2, 0.25) is 0 Å². The van der Waals surface area contributed by atoms with E-state index in [0.29, 0.717) is 0 Å². The molecule has 0 aliphatic carbocycles. The quantitative estimate of drug-likeness (QED) is 0.654. The van der Waals surface area contributed by atoms with Crippen molar-refractivity contribution in [2.75, 3.05) is 6.54 Å². The van der Waals surface area contributed by atoms with Crippen molar-refractivity contribution in [3.05, 3.63) is 12.1 Å². The zero-order valence-electron chi connectivity index (χ0n) is 10.3. The second kappa shape index (κ2) is 6.95. The molecule has 0 N–H and O–H groups in total. The molecule has 1 aliphatic heterocycles. The number of halogens is 3. The van der Waals surface area contributed by atoms with Crippen molar-refractivity contribution in [2.45, 2.75) is 45.2 Å². The summed E-state index contributed by atoms with van der Waals surface area (Å²) in [6.45, 7) is 2.24. The van der Waals surface area contributed by atoms with Gasteiger partial charge in [0, 0.05) is 12.1 Å². The van der Waals surface area contributed by atoms with Gasteiger partial charge in [0.25, 0.3) is 0 Å². The molecule has 1 heterocycles. The van der Waals surface area contributed by atoms with Gasteiger partial charge in [0.1, 0.15) is 0 Å². The Morgan fingerprint density at radius 2 is 1.69 bits per heavy atom. The summed E-state index contributed by atoms with van der Waals surface area (Å²) in [4.78, 5) is 1.92. The molecule has 0 saturated carbocycles. The number of piperidine rings is 1. The number of hydrogen-bond donors (Lipinski definition) is 0. The largest absolute Gasteiger partial charge is 1.00 e. The van der Waals surface area contributed by atoms with Gasteiger partial charge < -0.3 is 12.9 Å². The van der Waals surface area contributed by atoms with Gasteiger partial charge in [-0.05, 0) is 33.2 Å². The Bertz CT molecular complexity index is 235. The normalized spacial score (nSPS) is 27.3. The summed E-state index contributed by atoms with van der Waals surface area (Å²) in [5.74, 6) is 0. The molecule has 88 valence electrons. The van der Waals surface area contributed by atoms with Crippen LogP contribution in [0.4, 0.5) is 12.9 Å². The minimum absolute atomic E-state index is 0. The van der Waals surface area contributed by atoms with E-state index in [-0.39, 0.29) is 70.0 Å². The molecule has 1 fully saturated rings. The maximum atomic E-state index is 12.4. The van der Waals surface area contributed by atoms with E-state index < -0.39 is 12.4 Å². The molecule has 1 nitrogen and oxygen atoms in total. The van der Waals surface area contributed by atoms with Gasteiger partial charge in [0.05, 0.1) is 0 Å². The molecule has 0 aromatic heterocycles. The summed E-state index contributed by atoms with van der Waals surface area (Å²) in [5, 5.41) is 0. The van der Waals surface area contributed by atoms with Crippen LogP contribution in [-0.4, -0.2) is 30.5 Å². The first kappa shape index (κ1) is 17.2. The number of rotatable bonds is 3. The van der Waals surface area contributed by atoms with Gasteiger partial charge in [-0.1, -0.05) is 6.42 Å². The molecule has 2 atom stereocenters. The minimum atomic E-state index is -4.88. The van der Waals surface area contributed by atoms with E-state index in [1.165, 1.54) is 0 Å². The Morgan fingerprint density at radius 1 is 1.25 bits per heavy atom. The van der Waals surface area contributed by atoms with Crippen molar-refractivity contribution >= 4 is 6.98 Å². The molecule has 16 heavy (non-hydrogen) atoms. The van der Waals surface area contributed by atoms with Crippen LogP contribution in [0.3, 0.4) is 0 Å². The Hall–Kier alpha value is 1.19. The van der Waals surface area contributed by atoms with Gasteiger partial charge in [0.15, 0.2) is 0 Å². The van der Waals surface area contributed by atoms with E-state index in [1.807, 2.05) is 18.7 Å². The van der Waals surface area contributed by atoms with Crippen molar-refractivity contribution in [3.63, 3.8) is 0 Å². The van der Waals surface area contributed by atoms with Gasteiger partial charge in [-0.25, -0.2) is 0 Å². The summed E-state index contributed by atoms with van der Waals surface area (Å²) in [7, 11) is 0. The van der Waals surface area contributed by atoms with Crippen LogP contribution in [0.15, 0.2) is 12.1 Å². The van der Waals surface area contributed by atoms with Crippen LogP contribution in [0, 0.1) is 0 Å². The van der Waals surface area contributed by atoms with Crippen molar-refractivity contribution < 1.29 is 64.3 Å². The van der Waals surface area contributed by atoms with Gasteiger partial charge in [-0.15, -0.1) is 12.1 Å². The van der Waals surface area contributed by atoms with Gasteiger partial charge in [-0.3, -0.25) is 4.90 Å². The fourth-order valence-corrected chi connectivity index (χ4v) is 2.12. The monoisotopic (exact) mass is 259 g/mol. The summed E-state index contributed by atoms with van der Waals surface area (Å²) in [6, 6.07) is 0.479. The van der Waals surface area contributed by atoms with E-state index in [0.717, 1.165) is 19.3 Å². The molecule has 1 saturated heterocycles. The zero-order valence-corrected chi connectivity index (χ0v) is 13.5. The standard InChI is InChI=1S/C10H18BF3N.K/c1-8(11(12,13)14)7-15-9(2)5-4-6-10(15)3;/h9-10H,1,4-7H2,2-3H3;/q-1;+1. The fourth-order valence-electron chi connectivity index (χ4n) is 2.12. The molecular formula is C10H18BF3KN. The maximum Gasteiger partial charge on any atom is 1.00 e. The van der Waals surface area contributed by atoms with E-state index >= 15 is 0 Å². The maximum absolute atomic E-state index is 12.4. The van der Waals surface area contributed by atoms with Crippen LogP contribution in [-0.2, 0) is 0 Å². The van der Waals surface area contributed by atoms with Crippen molar-refractivity contribution in [1.29, 1.82) is 0 Å². The second-order valence-electron chi connectivity index (χ2n) is 4.53. The summed E-state index contributed by atoms with van der Waals surface area (Å²) in [6.07, 6.45) is 3.09. The van der Waals surface area contributed by atoms with Gasteiger partial charge in [-0.2, -0.15) is 0 Å². The number of likely N-dealkylation sites (tertiary alicyclic amines) is 1. The first-order valence-corrected chi connectivity index (χ1v) is 5.45. The Kier molecular flexibility index (Phi) is 7.46. The first-order valence-electron chi connectivity index (χ1n) is 5.45. The smallest absolute Gasteiger partial charge is 0.445 e. The Balaban J connectivity index is 0.00000225. The van der Waals surface area contributed by atoms with E-state index in [4.69, 9.17) is 0 Å². The molecule has 0 radical (unpaired) electrons. The average molecular weight is 259 g/mol. The molecule has 0 amide bonds. The molecular weight excluding hydrogens is 241 g/mol. The Morgan fingerprint density at radius 3 is 2.06 bits per heavy atom. The molecule has 0 spiro atoms. The molecule has 0 bridgehead atoms. The van der Waals surface area contributed by atoms with Crippen molar-refractivity contribution in [1.82, 2.24) is 4.90 Å². The van der Waals surface area contributed by atoms with Gasteiger partial charge >= 0.3 is 58.4 Å². The molecule has 2 unspecified atom stereocenters. The zero-order chi connectivity index (χ0) is 11.6. The van der Waals surface area contributed by atoms with Crippen LogP contribution in [0.25, 0.3) is 0 Å². The molecule has 0 aromatic carbocycles. The van der Waals surface area contributed by atoms with Gasteiger partial charge in [0.2, 0.25) is 0 Å². The summed E-state index contributed by atoms with van der Waals surface area (Å²) >= 11 is 0. The number of nitrogens with zero attached hydrogens (tertiary/aromatic N) is 1. The third-order valence-corrected chi connectivity index (χ3v) is 3.22. The van der Waals surface area contributed by atoms with E-state index in [9.17, 15) is 12.9 Å². The van der Waals surface area contributed by atoms with Crippen molar-refractivity contribution in [3.8, 4) is 0 Å². The van der Waals surface area contributed by atoms with Crippen LogP contribution >= 0.6 is 0 Å². The van der Waals surface area contributed by atoms with Crippen LogP contribution < -0.4 is 51.4 Å². The van der Waals surface area contributed by atoms with Crippen molar-refractivity contribution in [2.24, 2.45) is 0 Å². The molecule has 0 aromatic rings. The topological polar surface area (TPSA) is 3.24 Å². The molecule has 1 rings (SSSR count). The SMILES string of the molecule is C=C(CN1C(C)CCCC1C)[B-](F)(F)F.[K+]. The average Bonchev–Trinajstić information content (AvgIpc) is 2.09. The predicted molar refractivity (Wildman–Crippen MR) is 57.7 cm³/mol. The summed E-state index contributed by atoms with van der Waals surface area (Å²) < 4.78 is 37.2. The second-order valence-corrected chi connectivity index (χ2v) is 4.53.